The average Bonchev–Trinajstić information content (AvgIpc) is 2.30. The van der Waals surface area contributed by atoms with E-state index >= 15 is 0 Å². The quantitative estimate of drug-likeness (QED) is 0.364. The molecule has 12 heavy (non-hydrogen) atoms. The van der Waals surface area contributed by atoms with Crippen LogP contribution in [0.3, 0.4) is 0 Å². The normalized spacial score (nSPS) is 14.1. The van der Waals surface area contributed by atoms with Crippen molar-refractivity contribution in [2.75, 3.05) is 5.12 Å². The van der Waals surface area contributed by atoms with E-state index in [9.17, 15) is 9.28 Å². The van der Waals surface area contributed by atoms with E-state index in [1.165, 1.54) is 0 Å². The summed E-state index contributed by atoms with van der Waals surface area (Å²) in [7, 11) is 0. The predicted octanol–water partition coefficient (Wildman–Crippen LogP) is -1.42. The Labute approximate surface area is 114 Å². The smallest absolute Gasteiger partial charge is 1.00 e. The van der Waals surface area contributed by atoms with Gasteiger partial charge in [-0.1, -0.05) is 22.7 Å². The van der Waals surface area contributed by atoms with Crippen LogP contribution in [0.25, 0.3) is 0 Å². The van der Waals surface area contributed by atoms with Crippen molar-refractivity contribution in [2.24, 2.45) is 0 Å². The largest absolute Gasteiger partial charge is 1.00 e. The number of hydrogen-bond donors (Lipinski definition) is 0. The van der Waals surface area contributed by atoms with Crippen molar-refractivity contribution in [2.45, 2.75) is 6.42 Å². The van der Waals surface area contributed by atoms with Crippen molar-refractivity contribution in [3.8, 4) is 0 Å². The van der Waals surface area contributed by atoms with Gasteiger partial charge in [0.05, 0.1) is 12.1 Å². The zero-order valence-corrected chi connectivity index (χ0v) is 9.87. The summed E-state index contributed by atoms with van der Waals surface area (Å²) in [5.41, 5.74) is 1.15. The van der Waals surface area contributed by atoms with E-state index in [1.807, 2.05) is 0 Å². The van der Waals surface area contributed by atoms with E-state index in [0.717, 1.165) is 5.56 Å². The second-order valence-corrected chi connectivity index (χ2v) is 2.48. The molecule has 0 N–H and O–H groups in total. The third-order valence-electron chi connectivity index (χ3n) is 1.76. The second kappa shape index (κ2) is 3.98. The molecule has 0 saturated heterocycles. The fraction of sp³-hybridized carbons (Fsp3) is 0.125. The van der Waals surface area contributed by atoms with Crippen LogP contribution in [0.4, 0.5) is 10.2 Å². The number of rotatable bonds is 0. The van der Waals surface area contributed by atoms with Gasteiger partial charge >= 0.3 is 51.4 Å². The van der Waals surface area contributed by atoms with Gasteiger partial charge < -0.3 is 1.43 Å². The summed E-state index contributed by atoms with van der Waals surface area (Å²) in [6, 6.07) is 6.86. The molecule has 4 heteroatoms. The minimum absolute atomic E-state index is 0. The molecule has 1 aromatic carbocycles. The van der Waals surface area contributed by atoms with Crippen LogP contribution in [-0.2, 0) is 11.2 Å². The molecule has 0 aliphatic carbocycles. The van der Waals surface area contributed by atoms with Crippen molar-refractivity contribution in [3.63, 3.8) is 0 Å². The second-order valence-electron chi connectivity index (χ2n) is 2.48. The van der Waals surface area contributed by atoms with Gasteiger partial charge in [-0.05, 0) is 11.6 Å². The van der Waals surface area contributed by atoms with Gasteiger partial charge in [0.25, 0.3) is 5.91 Å². The zero-order chi connectivity index (χ0) is 7.84. The summed E-state index contributed by atoms with van der Waals surface area (Å²) in [4.78, 5) is 10.8. The van der Waals surface area contributed by atoms with Gasteiger partial charge in [-0.2, -0.15) is 0 Å². The molecule has 0 aromatic heterocycles. The van der Waals surface area contributed by atoms with Crippen molar-refractivity contribution >= 4 is 11.6 Å². The Bertz CT molecular complexity index is 321. The first kappa shape index (κ1) is 10.3. The number of para-hydroxylation sites is 1. The SMILES string of the molecule is O=C1Cc2ccccc2N1F.[H-].[K+]. The van der Waals surface area contributed by atoms with E-state index in [1.54, 1.807) is 24.3 Å². The van der Waals surface area contributed by atoms with E-state index in [4.69, 9.17) is 0 Å². The third-order valence-corrected chi connectivity index (χ3v) is 1.76. The molecule has 1 aliphatic rings. The molecular formula is C8H7FKNO. The van der Waals surface area contributed by atoms with Crippen LogP contribution in [0, 0.1) is 0 Å². The fourth-order valence-corrected chi connectivity index (χ4v) is 1.22. The summed E-state index contributed by atoms with van der Waals surface area (Å²) in [5.74, 6) is -0.480. The van der Waals surface area contributed by atoms with E-state index < -0.39 is 5.91 Å². The predicted molar refractivity (Wildman–Crippen MR) is 39.9 cm³/mol. The number of nitrogens with zero attached hydrogens (tertiary/aromatic N) is 1. The Hall–Kier alpha value is 0.256. The molecule has 2 rings (SSSR count). The summed E-state index contributed by atoms with van der Waals surface area (Å²) >= 11 is 0. The number of hydrogen-bond acceptors (Lipinski definition) is 1. The van der Waals surface area contributed by atoms with Gasteiger partial charge in [-0.25, -0.2) is 0 Å². The summed E-state index contributed by atoms with van der Waals surface area (Å²) < 4.78 is 12.8. The maximum Gasteiger partial charge on any atom is 1.00 e. The van der Waals surface area contributed by atoms with Gasteiger partial charge in [-0.3, -0.25) is 4.79 Å². The van der Waals surface area contributed by atoms with E-state index in [0.29, 0.717) is 5.69 Å². The van der Waals surface area contributed by atoms with Crippen LogP contribution < -0.4 is 56.5 Å². The van der Waals surface area contributed by atoms with E-state index in [2.05, 4.69) is 0 Å². The van der Waals surface area contributed by atoms with Gasteiger partial charge in [0.2, 0.25) is 0 Å². The topological polar surface area (TPSA) is 20.3 Å². The molecule has 1 amide bonds. The number of benzene rings is 1. The number of halogens is 1. The molecule has 1 heterocycles. The first-order valence-corrected chi connectivity index (χ1v) is 3.35. The molecule has 0 saturated carbocycles. The Morgan fingerprint density at radius 1 is 1.42 bits per heavy atom. The molecule has 0 spiro atoms. The average molecular weight is 191 g/mol. The van der Waals surface area contributed by atoms with Crippen molar-refractivity contribution in [1.29, 1.82) is 0 Å². The Kier molecular flexibility index (Phi) is 3.43. The van der Waals surface area contributed by atoms with Crippen LogP contribution in [0.1, 0.15) is 6.99 Å². The number of carbonyl (C=O) groups excluding carboxylic acids is 1. The van der Waals surface area contributed by atoms with Crippen LogP contribution in [-0.4, -0.2) is 5.91 Å². The zero-order valence-electron chi connectivity index (χ0n) is 7.75. The van der Waals surface area contributed by atoms with Crippen LogP contribution in [0.5, 0.6) is 0 Å². The maximum absolute atomic E-state index is 12.8. The van der Waals surface area contributed by atoms with E-state index in [-0.39, 0.29) is 64.4 Å². The first-order valence-electron chi connectivity index (χ1n) is 3.35. The van der Waals surface area contributed by atoms with Gasteiger partial charge in [0, 0.05) is 0 Å². The Morgan fingerprint density at radius 2 is 2.08 bits per heavy atom. The Balaban J connectivity index is 0.000000720. The number of amides is 1. The molecule has 0 atom stereocenters. The summed E-state index contributed by atoms with van der Waals surface area (Å²) in [5, 5.41) is 0.204. The molecule has 58 valence electrons. The number of anilines is 1. The minimum Gasteiger partial charge on any atom is -1.00 e. The molecule has 2 nitrogen and oxygen atoms in total. The Morgan fingerprint density at radius 3 is 2.75 bits per heavy atom. The molecule has 0 bridgehead atoms. The first-order chi connectivity index (χ1) is 5.29. The fourth-order valence-electron chi connectivity index (χ4n) is 1.22. The molecule has 0 unspecified atom stereocenters. The van der Waals surface area contributed by atoms with Crippen molar-refractivity contribution in [3.05, 3.63) is 29.8 Å². The molecule has 1 aliphatic heterocycles. The van der Waals surface area contributed by atoms with Gasteiger partial charge in [0.15, 0.2) is 0 Å². The molecular weight excluding hydrogens is 184 g/mol. The molecule has 1 aromatic rings. The molecule has 0 radical (unpaired) electrons. The van der Waals surface area contributed by atoms with Gasteiger partial charge in [-0.15, -0.1) is 5.12 Å². The third kappa shape index (κ3) is 1.62. The van der Waals surface area contributed by atoms with Gasteiger partial charge in [0.1, 0.15) is 0 Å². The van der Waals surface area contributed by atoms with Crippen LogP contribution in [0.15, 0.2) is 24.3 Å². The van der Waals surface area contributed by atoms with Crippen LogP contribution >= 0.6 is 0 Å². The van der Waals surface area contributed by atoms with Crippen LogP contribution in [0.2, 0.25) is 0 Å². The minimum atomic E-state index is -0.480. The monoisotopic (exact) mass is 191 g/mol. The summed E-state index contributed by atoms with van der Waals surface area (Å²) in [6.07, 6.45) is 0.187. The van der Waals surface area contributed by atoms with Crippen molar-refractivity contribution in [1.82, 2.24) is 0 Å². The summed E-state index contributed by atoms with van der Waals surface area (Å²) in [6.45, 7) is 0. The number of fused-ring (bicyclic) bond motifs is 1. The standard InChI is InChI=1S/C8H6FNO.K.H/c9-10-7-4-2-1-3-6(7)5-8(10)11;;/h1-4H,5H2;;/q;+1;-1. The molecule has 0 fully saturated rings. The van der Waals surface area contributed by atoms with Crippen molar-refractivity contribution < 1.29 is 62.1 Å². The maximum atomic E-state index is 12.8. The number of carbonyl (C=O) groups is 1.